The predicted molar refractivity (Wildman–Crippen MR) is 126 cm³/mol. The van der Waals surface area contributed by atoms with Crippen molar-refractivity contribution in [2.45, 2.75) is 0 Å². The number of hydrogen-bond acceptors (Lipinski definition) is 4. The molecular formula is C25H17N3O2S. The maximum atomic E-state index is 13.3. The number of aromatic nitrogens is 3. The molecular weight excluding hydrogens is 406 g/mol. The molecule has 6 aromatic rings. The maximum absolute atomic E-state index is 13.3. The van der Waals surface area contributed by atoms with Gasteiger partial charge in [-0.25, -0.2) is 9.38 Å². The quantitative estimate of drug-likeness (QED) is 0.452. The predicted octanol–water partition coefficient (Wildman–Crippen LogP) is 4.61. The van der Waals surface area contributed by atoms with Gasteiger partial charge in [0.1, 0.15) is 5.75 Å². The minimum Gasteiger partial charge on any atom is -0.495 e. The van der Waals surface area contributed by atoms with Crippen LogP contribution in [-0.2, 0) is 0 Å². The Hall–Kier alpha value is -3.90. The van der Waals surface area contributed by atoms with E-state index < -0.39 is 0 Å². The number of methoxy groups -OCH3 is 1. The molecule has 0 saturated heterocycles. The molecule has 1 N–H and O–H groups in total. The molecule has 3 aromatic carbocycles. The second-order valence-electron chi connectivity index (χ2n) is 7.30. The lowest BCUT2D eigenvalue weighted by Crippen LogP contribution is -2.22. The minimum atomic E-state index is -0.0510. The minimum absolute atomic E-state index is 0.0510. The van der Waals surface area contributed by atoms with Crippen LogP contribution in [0.5, 0.6) is 5.75 Å². The Morgan fingerprint density at radius 1 is 1.00 bits per heavy atom. The molecule has 5 nitrogen and oxygen atoms in total. The first kappa shape index (κ1) is 17.9. The highest BCUT2D eigenvalue weighted by Gasteiger charge is 2.16. The van der Waals surface area contributed by atoms with Crippen LogP contribution in [0.3, 0.4) is 0 Å². The number of benzene rings is 3. The first-order chi connectivity index (χ1) is 15.2. The van der Waals surface area contributed by atoms with E-state index in [0.29, 0.717) is 9.49 Å². The number of hydrogen-bond donors (Lipinski definition) is 1. The number of ether oxygens (including phenoxy) is 1. The van der Waals surface area contributed by atoms with Crippen molar-refractivity contribution in [1.29, 1.82) is 0 Å². The Balaban J connectivity index is 1.69. The molecule has 0 aliphatic rings. The van der Waals surface area contributed by atoms with E-state index in [1.54, 1.807) is 11.5 Å². The average molecular weight is 423 g/mol. The molecule has 6 rings (SSSR count). The second kappa shape index (κ2) is 6.82. The Kier molecular flexibility index (Phi) is 3.94. The van der Waals surface area contributed by atoms with Gasteiger partial charge in [-0.05, 0) is 29.8 Å². The highest BCUT2D eigenvalue weighted by molar-refractivity contribution is 7.15. The van der Waals surface area contributed by atoms with E-state index >= 15 is 0 Å². The van der Waals surface area contributed by atoms with Crippen LogP contribution in [-0.4, -0.2) is 21.5 Å². The molecule has 0 fully saturated rings. The molecule has 0 unspecified atom stereocenters. The highest BCUT2D eigenvalue weighted by Crippen LogP contribution is 2.35. The van der Waals surface area contributed by atoms with Crippen LogP contribution in [0.2, 0.25) is 0 Å². The van der Waals surface area contributed by atoms with Gasteiger partial charge in [-0.2, -0.15) is 0 Å². The van der Waals surface area contributed by atoms with Gasteiger partial charge in [0.15, 0.2) is 4.96 Å². The smallest absolute Gasteiger partial charge is 0.274 e. The molecule has 6 heteroatoms. The van der Waals surface area contributed by atoms with Crippen LogP contribution >= 0.6 is 11.3 Å². The first-order valence-corrected chi connectivity index (χ1v) is 10.7. The third-order valence-corrected chi connectivity index (χ3v) is 6.51. The van der Waals surface area contributed by atoms with E-state index in [9.17, 15) is 4.79 Å². The summed E-state index contributed by atoms with van der Waals surface area (Å²) in [5.41, 5.74) is 5.49. The van der Waals surface area contributed by atoms with Crippen molar-refractivity contribution in [3.8, 4) is 17.0 Å². The van der Waals surface area contributed by atoms with Crippen LogP contribution in [0.25, 0.3) is 44.2 Å². The van der Waals surface area contributed by atoms with Crippen LogP contribution < -0.4 is 14.8 Å². The molecule has 31 heavy (non-hydrogen) atoms. The molecule has 0 saturated carbocycles. The summed E-state index contributed by atoms with van der Waals surface area (Å²) in [5.74, 6) is 0.767. The Labute approximate surface area is 180 Å². The summed E-state index contributed by atoms with van der Waals surface area (Å²) >= 11 is 1.41. The summed E-state index contributed by atoms with van der Waals surface area (Å²) < 4.78 is 7.92. The van der Waals surface area contributed by atoms with E-state index in [1.165, 1.54) is 11.3 Å². The van der Waals surface area contributed by atoms with Crippen LogP contribution in [0, 0.1) is 0 Å². The third-order valence-electron chi connectivity index (χ3n) is 5.54. The summed E-state index contributed by atoms with van der Waals surface area (Å²) in [6, 6.07) is 23.8. The van der Waals surface area contributed by atoms with Crippen molar-refractivity contribution >= 4 is 44.3 Å². The Bertz CT molecular complexity index is 1690. The van der Waals surface area contributed by atoms with Crippen molar-refractivity contribution in [3.63, 3.8) is 0 Å². The fraction of sp³-hybridized carbons (Fsp3) is 0.0400. The summed E-state index contributed by atoms with van der Waals surface area (Å²) in [5, 5.41) is 1.01. The topological polar surface area (TPSA) is 59.4 Å². The van der Waals surface area contributed by atoms with Gasteiger partial charge in [0.05, 0.1) is 33.9 Å². The fourth-order valence-corrected chi connectivity index (χ4v) is 5.08. The summed E-state index contributed by atoms with van der Waals surface area (Å²) in [6.45, 7) is 0. The lowest BCUT2D eigenvalue weighted by atomic mass is 10.0. The number of thiazole rings is 1. The van der Waals surface area contributed by atoms with Crippen molar-refractivity contribution < 1.29 is 4.74 Å². The summed E-state index contributed by atoms with van der Waals surface area (Å²) in [7, 11) is 1.66. The van der Waals surface area contributed by atoms with E-state index in [-0.39, 0.29) is 5.56 Å². The standard InChI is InChI=1S/C25H17N3O2S/c1-30-20-13-7-10-16-17(22(27-23(16)20)15-8-3-2-4-9-15)14-21-24(29)28-19-12-6-5-11-18(19)26-25(28)31-21/h2-14,27H,1H3/b21-14+. The van der Waals surface area contributed by atoms with Gasteiger partial charge in [0, 0.05) is 10.9 Å². The van der Waals surface area contributed by atoms with Crippen molar-refractivity contribution in [2.75, 3.05) is 7.11 Å². The van der Waals surface area contributed by atoms with E-state index in [1.807, 2.05) is 66.7 Å². The molecule has 0 aliphatic carbocycles. The van der Waals surface area contributed by atoms with Gasteiger partial charge >= 0.3 is 0 Å². The largest absolute Gasteiger partial charge is 0.495 e. The number of para-hydroxylation sites is 3. The molecule has 0 spiro atoms. The molecule has 3 heterocycles. The lowest BCUT2D eigenvalue weighted by Gasteiger charge is -2.00. The van der Waals surface area contributed by atoms with Crippen molar-refractivity contribution in [3.05, 3.63) is 93.2 Å². The lowest BCUT2D eigenvalue weighted by molar-refractivity contribution is 0.419. The SMILES string of the molecule is COc1cccc2c(/C=c3/sc4nc5ccccc5n4c3=O)c(-c3ccccc3)[nH]c12. The molecule has 0 radical (unpaired) electrons. The van der Waals surface area contributed by atoms with Gasteiger partial charge in [0.25, 0.3) is 5.56 Å². The molecule has 0 bridgehead atoms. The highest BCUT2D eigenvalue weighted by atomic mass is 32.1. The number of nitrogens with zero attached hydrogens (tertiary/aromatic N) is 2. The molecule has 0 amide bonds. The monoisotopic (exact) mass is 423 g/mol. The zero-order valence-electron chi connectivity index (χ0n) is 16.6. The average Bonchev–Trinajstić information content (AvgIpc) is 3.45. The number of rotatable bonds is 3. The van der Waals surface area contributed by atoms with Gasteiger partial charge in [-0.1, -0.05) is 65.9 Å². The Morgan fingerprint density at radius 2 is 1.81 bits per heavy atom. The molecule has 0 aliphatic heterocycles. The van der Waals surface area contributed by atoms with Gasteiger partial charge in [-0.3, -0.25) is 4.79 Å². The number of fused-ring (bicyclic) bond motifs is 4. The van der Waals surface area contributed by atoms with Gasteiger partial charge in [-0.15, -0.1) is 0 Å². The van der Waals surface area contributed by atoms with Crippen LogP contribution in [0.4, 0.5) is 0 Å². The number of imidazole rings is 1. The number of nitrogens with one attached hydrogen (secondary N) is 1. The zero-order valence-corrected chi connectivity index (χ0v) is 17.4. The summed E-state index contributed by atoms with van der Waals surface area (Å²) in [4.78, 5) is 22.2. The second-order valence-corrected chi connectivity index (χ2v) is 8.31. The van der Waals surface area contributed by atoms with E-state index in [2.05, 4.69) is 22.1 Å². The van der Waals surface area contributed by atoms with Crippen LogP contribution in [0.15, 0.2) is 77.6 Å². The van der Waals surface area contributed by atoms with Crippen molar-refractivity contribution in [2.24, 2.45) is 0 Å². The molecule has 3 aromatic heterocycles. The van der Waals surface area contributed by atoms with Gasteiger partial charge in [0.2, 0.25) is 0 Å². The zero-order chi connectivity index (χ0) is 20.9. The van der Waals surface area contributed by atoms with E-state index in [4.69, 9.17) is 4.74 Å². The first-order valence-electron chi connectivity index (χ1n) is 9.90. The number of H-pyrrole nitrogens is 1. The number of aromatic amines is 1. The Morgan fingerprint density at radius 3 is 2.65 bits per heavy atom. The van der Waals surface area contributed by atoms with E-state index in [0.717, 1.165) is 44.5 Å². The molecule has 150 valence electrons. The normalized spacial score (nSPS) is 12.4. The third kappa shape index (κ3) is 2.69. The van der Waals surface area contributed by atoms with Crippen LogP contribution in [0.1, 0.15) is 5.56 Å². The van der Waals surface area contributed by atoms with Crippen molar-refractivity contribution in [1.82, 2.24) is 14.4 Å². The fourth-order valence-electron chi connectivity index (χ4n) is 4.11. The summed E-state index contributed by atoms with van der Waals surface area (Å²) in [6.07, 6.45) is 1.97. The maximum Gasteiger partial charge on any atom is 0.274 e. The van der Waals surface area contributed by atoms with Gasteiger partial charge < -0.3 is 9.72 Å². The molecule has 0 atom stereocenters.